The fourth-order valence-electron chi connectivity index (χ4n) is 2.85. The molecule has 1 fully saturated rings. The standard InChI is InChI=1S/C14H18BrNO2/c1-17-12-8-10(11-4-2-3-6-16-11)13(15)9-5-7-18-14(9)12/h8,11,16H,2-7H2,1H3. The van der Waals surface area contributed by atoms with Crippen LogP contribution in [0.5, 0.6) is 11.5 Å². The first-order valence-corrected chi connectivity index (χ1v) is 7.36. The highest BCUT2D eigenvalue weighted by molar-refractivity contribution is 9.10. The molecule has 0 saturated carbocycles. The van der Waals surface area contributed by atoms with Gasteiger partial charge in [0.1, 0.15) is 0 Å². The average Bonchev–Trinajstić information content (AvgIpc) is 2.90. The molecule has 0 aliphatic carbocycles. The molecular weight excluding hydrogens is 294 g/mol. The van der Waals surface area contributed by atoms with Gasteiger partial charge in [-0.25, -0.2) is 0 Å². The van der Waals surface area contributed by atoms with E-state index >= 15 is 0 Å². The van der Waals surface area contributed by atoms with Crippen molar-refractivity contribution in [3.05, 3.63) is 21.7 Å². The van der Waals surface area contributed by atoms with E-state index in [4.69, 9.17) is 9.47 Å². The lowest BCUT2D eigenvalue weighted by Gasteiger charge is -2.26. The zero-order valence-corrected chi connectivity index (χ0v) is 12.2. The van der Waals surface area contributed by atoms with Crippen molar-refractivity contribution in [3.8, 4) is 11.5 Å². The van der Waals surface area contributed by atoms with Gasteiger partial charge in [0.2, 0.25) is 0 Å². The van der Waals surface area contributed by atoms with Gasteiger partial charge in [-0.15, -0.1) is 0 Å². The van der Waals surface area contributed by atoms with Gasteiger partial charge in [0.15, 0.2) is 11.5 Å². The van der Waals surface area contributed by atoms with Crippen LogP contribution in [0.4, 0.5) is 0 Å². The molecule has 1 atom stereocenters. The molecule has 0 bridgehead atoms. The minimum absolute atomic E-state index is 0.438. The number of rotatable bonds is 2. The minimum Gasteiger partial charge on any atom is -0.493 e. The Bertz CT molecular complexity index is 456. The van der Waals surface area contributed by atoms with Gasteiger partial charge in [0, 0.05) is 22.5 Å². The Balaban J connectivity index is 2.03. The Morgan fingerprint density at radius 3 is 3.06 bits per heavy atom. The molecule has 2 aliphatic rings. The lowest BCUT2D eigenvalue weighted by atomic mass is 9.95. The summed E-state index contributed by atoms with van der Waals surface area (Å²) < 4.78 is 12.3. The Morgan fingerprint density at radius 1 is 1.44 bits per heavy atom. The second-order valence-electron chi connectivity index (χ2n) is 4.89. The number of methoxy groups -OCH3 is 1. The van der Waals surface area contributed by atoms with Crippen molar-refractivity contribution in [3.63, 3.8) is 0 Å². The SMILES string of the molecule is COc1cc(C2CCCCN2)c(Br)c2c1OCC2. The first kappa shape index (κ1) is 12.3. The highest BCUT2D eigenvalue weighted by atomic mass is 79.9. The Kier molecular flexibility index (Phi) is 3.48. The van der Waals surface area contributed by atoms with E-state index in [0.29, 0.717) is 6.04 Å². The van der Waals surface area contributed by atoms with Crippen LogP contribution < -0.4 is 14.8 Å². The summed E-state index contributed by atoms with van der Waals surface area (Å²) in [6.45, 7) is 1.86. The molecule has 4 heteroatoms. The van der Waals surface area contributed by atoms with Crippen LogP contribution in [0.15, 0.2) is 10.5 Å². The minimum atomic E-state index is 0.438. The maximum atomic E-state index is 5.67. The Hall–Kier alpha value is -0.740. The lowest BCUT2D eigenvalue weighted by molar-refractivity contribution is 0.325. The molecule has 0 radical (unpaired) electrons. The van der Waals surface area contributed by atoms with E-state index in [9.17, 15) is 0 Å². The van der Waals surface area contributed by atoms with Crippen molar-refractivity contribution in [2.24, 2.45) is 0 Å². The van der Waals surface area contributed by atoms with Crippen LogP contribution in [-0.4, -0.2) is 20.3 Å². The summed E-state index contributed by atoms with van der Waals surface area (Å²) in [5.41, 5.74) is 2.58. The summed E-state index contributed by atoms with van der Waals surface area (Å²) in [5, 5.41) is 3.59. The van der Waals surface area contributed by atoms with Crippen LogP contribution in [0.1, 0.15) is 36.4 Å². The van der Waals surface area contributed by atoms with Crippen molar-refractivity contribution in [1.29, 1.82) is 0 Å². The van der Waals surface area contributed by atoms with Crippen molar-refractivity contribution >= 4 is 15.9 Å². The Morgan fingerprint density at radius 2 is 2.33 bits per heavy atom. The molecule has 2 aliphatic heterocycles. The molecule has 3 nitrogen and oxygen atoms in total. The van der Waals surface area contributed by atoms with Crippen molar-refractivity contribution in [2.75, 3.05) is 20.3 Å². The molecule has 0 amide bonds. The van der Waals surface area contributed by atoms with E-state index in [1.807, 2.05) is 0 Å². The molecule has 1 unspecified atom stereocenters. The largest absolute Gasteiger partial charge is 0.493 e. The van der Waals surface area contributed by atoms with Gasteiger partial charge < -0.3 is 14.8 Å². The summed E-state index contributed by atoms with van der Waals surface area (Å²) in [4.78, 5) is 0. The summed E-state index contributed by atoms with van der Waals surface area (Å²) in [7, 11) is 1.71. The third-order valence-electron chi connectivity index (χ3n) is 3.81. The van der Waals surface area contributed by atoms with E-state index in [1.165, 1.54) is 34.9 Å². The molecule has 1 N–H and O–H groups in total. The maximum absolute atomic E-state index is 5.67. The number of halogens is 1. The second kappa shape index (κ2) is 5.10. The van der Waals surface area contributed by atoms with Crippen LogP contribution in [0.25, 0.3) is 0 Å². The van der Waals surface area contributed by atoms with E-state index in [0.717, 1.165) is 31.1 Å². The number of nitrogens with one attached hydrogen (secondary N) is 1. The molecule has 2 heterocycles. The van der Waals surface area contributed by atoms with E-state index in [1.54, 1.807) is 7.11 Å². The van der Waals surface area contributed by atoms with Crippen LogP contribution in [-0.2, 0) is 6.42 Å². The summed E-state index contributed by atoms with van der Waals surface area (Å²) in [5.74, 6) is 1.79. The van der Waals surface area contributed by atoms with Gasteiger partial charge in [-0.2, -0.15) is 0 Å². The molecule has 0 spiro atoms. The number of hydrogen-bond acceptors (Lipinski definition) is 3. The molecule has 0 aromatic heterocycles. The average molecular weight is 312 g/mol. The molecular formula is C14H18BrNO2. The topological polar surface area (TPSA) is 30.5 Å². The molecule has 3 rings (SSSR count). The van der Waals surface area contributed by atoms with Gasteiger partial charge >= 0.3 is 0 Å². The Labute approximate surface area is 116 Å². The van der Waals surface area contributed by atoms with Gasteiger partial charge in [-0.3, -0.25) is 0 Å². The van der Waals surface area contributed by atoms with Gasteiger partial charge in [0.05, 0.1) is 13.7 Å². The zero-order valence-electron chi connectivity index (χ0n) is 10.6. The fraction of sp³-hybridized carbons (Fsp3) is 0.571. The van der Waals surface area contributed by atoms with Crippen LogP contribution >= 0.6 is 15.9 Å². The summed E-state index contributed by atoms with van der Waals surface area (Å²) in [6, 6.07) is 2.56. The lowest BCUT2D eigenvalue weighted by Crippen LogP contribution is -2.27. The van der Waals surface area contributed by atoms with Gasteiger partial charge in [0.25, 0.3) is 0 Å². The van der Waals surface area contributed by atoms with Crippen LogP contribution in [0.2, 0.25) is 0 Å². The summed E-state index contributed by atoms with van der Waals surface area (Å²) in [6.07, 6.45) is 4.73. The third kappa shape index (κ3) is 2.01. The van der Waals surface area contributed by atoms with Crippen molar-refractivity contribution in [2.45, 2.75) is 31.7 Å². The van der Waals surface area contributed by atoms with Crippen LogP contribution in [0, 0.1) is 0 Å². The second-order valence-corrected chi connectivity index (χ2v) is 5.68. The molecule has 1 aromatic rings. The number of hydrogen-bond donors (Lipinski definition) is 1. The summed E-state index contributed by atoms with van der Waals surface area (Å²) >= 11 is 3.76. The highest BCUT2D eigenvalue weighted by Gasteiger charge is 2.26. The normalized spacial score (nSPS) is 22.4. The van der Waals surface area contributed by atoms with Gasteiger partial charge in [-0.05, 0) is 31.0 Å². The molecule has 1 saturated heterocycles. The quantitative estimate of drug-likeness (QED) is 0.909. The highest BCUT2D eigenvalue weighted by Crippen LogP contribution is 2.44. The van der Waals surface area contributed by atoms with Crippen molar-refractivity contribution < 1.29 is 9.47 Å². The zero-order chi connectivity index (χ0) is 12.5. The molecule has 1 aromatic carbocycles. The smallest absolute Gasteiger partial charge is 0.165 e. The van der Waals surface area contributed by atoms with Crippen molar-refractivity contribution in [1.82, 2.24) is 5.32 Å². The monoisotopic (exact) mass is 311 g/mol. The van der Waals surface area contributed by atoms with E-state index in [-0.39, 0.29) is 0 Å². The fourth-order valence-corrected chi connectivity index (χ4v) is 3.62. The number of benzene rings is 1. The number of ether oxygens (including phenoxy) is 2. The predicted octanol–water partition coefficient (Wildman–Crippen LogP) is 3.21. The molecule has 98 valence electrons. The number of piperidine rings is 1. The van der Waals surface area contributed by atoms with Gasteiger partial charge in [-0.1, -0.05) is 22.4 Å². The number of fused-ring (bicyclic) bond motifs is 1. The first-order valence-electron chi connectivity index (χ1n) is 6.56. The van der Waals surface area contributed by atoms with E-state index in [2.05, 4.69) is 27.3 Å². The first-order chi connectivity index (χ1) is 8.81. The van der Waals surface area contributed by atoms with Crippen LogP contribution in [0.3, 0.4) is 0 Å². The maximum Gasteiger partial charge on any atom is 0.165 e. The predicted molar refractivity (Wildman–Crippen MR) is 74.5 cm³/mol. The third-order valence-corrected chi connectivity index (χ3v) is 4.74. The van der Waals surface area contributed by atoms with E-state index < -0.39 is 0 Å². The molecule has 18 heavy (non-hydrogen) atoms.